The molecule has 0 bridgehead atoms. The molecule has 0 fully saturated rings. The van der Waals surface area contributed by atoms with E-state index < -0.39 is 26.5 Å². The summed E-state index contributed by atoms with van der Waals surface area (Å²) in [5.41, 5.74) is 0. The standard InChI is InChI=1S/C65H120NO8P/c1-6-8-10-12-14-16-18-19-20-21-22-23-24-25-26-27-28-29-30-31-32-33-34-35-36-37-38-39-40-41-42-43-44-45-46-47-48-50-52-54-56-58-65(68)74-63(62-73-75(69,70)72-60-59-66(3,4)5)61-71-64(67)57-55-53-51-49-17-15-13-11-9-7-2/h8,10-11,13-14,16,19-20,22-23,63H,6-7,9,12,15,17-18,21,24-62H2,1-5H3/p+1/b10-8-,13-11-,16-14-,20-19-,23-22-. The van der Waals surface area contributed by atoms with Crippen LogP contribution in [0.25, 0.3) is 0 Å². The van der Waals surface area contributed by atoms with Crippen LogP contribution in [0.5, 0.6) is 0 Å². The molecule has 0 saturated carbocycles. The monoisotopic (exact) mass is 1070 g/mol. The van der Waals surface area contributed by atoms with Crippen LogP contribution in [-0.4, -0.2) is 74.9 Å². The van der Waals surface area contributed by atoms with Gasteiger partial charge in [-0.3, -0.25) is 18.6 Å². The fourth-order valence-electron chi connectivity index (χ4n) is 8.95. The largest absolute Gasteiger partial charge is 0.472 e. The molecule has 0 amide bonds. The molecule has 10 heteroatoms. The third-order valence-electron chi connectivity index (χ3n) is 13.8. The Labute approximate surface area is 464 Å². The zero-order valence-electron chi connectivity index (χ0n) is 49.8. The molecule has 0 aliphatic heterocycles. The zero-order valence-corrected chi connectivity index (χ0v) is 50.7. The second-order valence-corrected chi connectivity index (χ2v) is 23.9. The van der Waals surface area contributed by atoms with Crippen molar-refractivity contribution in [1.29, 1.82) is 0 Å². The van der Waals surface area contributed by atoms with Crippen LogP contribution in [0.2, 0.25) is 0 Å². The molecule has 0 saturated heterocycles. The number of phosphoric acid groups is 1. The molecule has 1 N–H and O–H groups in total. The summed E-state index contributed by atoms with van der Waals surface area (Å²) in [6, 6.07) is 0. The molecule has 0 aliphatic carbocycles. The number of quaternary nitrogens is 1. The Bertz CT molecular complexity index is 1450. The van der Waals surface area contributed by atoms with E-state index in [0.717, 1.165) is 83.5 Å². The highest BCUT2D eigenvalue weighted by Gasteiger charge is 2.27. The van der Waals surface area contributed by atoms with Gasteiger partial charge in [0.15, 0.2) is 6.10 Å². The molecule has 0 aromatic rings. The first-order valence-corrected chi connectivity index (χ1v) is 33.0. The lowest BCUT2D eigenvalue weighted by Gasteiger charge is -2.24. The van der Waals surface area contributed by atoms with Crippen molar-refractivity contribution in [2.75, 3.05) is 47.5 Å². The van der Waals surface area contributed by atoms with Gasteiger partial charge in [-0.05, 0) is 70.6 Å². The second-order valence-electron chi connectivity index (χ2n) is 22.4. The van der Waals surface area contributed by atoms with E-state index in [2.05, 4.69) is 74.6 Å². The van der Waals surface area contributed by atoms with Crippen LogP contribution in [0, 0.1) is 0 Å². The molecule has 0 radical (unpaired) electrons. The van der Waals surface area contributed by atoms with E-state index in [9.17, 15) is 19.0 Å². The number of phosphoric ester groups is 1. The number of unbranched alkanes of at least 4 members (excludes halogenated alkanes) is 34. The molecule has 0 aromatic heterocycles. The molecule has 0 spiro atoms. The summed E-state index contributed by atoms with van der Waals surface area (Å²) in [4.78, 5) is 35.5. The van der Waals surface area contributed by atoms with Crippen LogP contribution in [0.1, 0.15) is 290 Å². The Hall–Kier alpha value is -2.29. The predicted molar refractivity (Wildman–Crippen MR) is 321 cm³/mol. The lowest BCUT2D eigenvalue weighted by Crippen LogP contribution is -2.37. The van der Waals surface area contributed by atoms with E-state index in [-0.39, 0.29) is 32.0 Å². The summed E-state index contributed by atoms with van der Waals surface area (Å²) in [7, 11) is 1.48. The van der Waals surface area contributed by atoms with Crippen molar-refractivity contribution in [3.8, 4) is 0 Å². The number of carbonyl (C=O) groups is 2. The van der Waals surface area contributed by atoms with Crippen LogP contribution >= 0.6 is 7.82 Å². The first kappa shape index (κ1) is 72.7. The minimum atomic E-state index is -4.38. The number of allylic oxidation sites excluding steroid dienone is 10. The Balaban J connectivity index is 3.79. The van der Waals surface area contributed by atoms with Crippen LogP contribution in [0.3, 0.4) is 0 Å². The molecule has 0 aromatic carbocycles. The van der Waals surface area contributed by atoms with Gasteiger partial charge in [0.25, 0.3) is 0 Å². The number of ether oxygens (including phenoxy) is 2. The summed E-state index contributed by atoms with van der Waals surface area (Å²) in [6.45, 7) is 4.27. The molecule has 2 atom stereocenters. The molecule has 9 nitrogen and oxygen atoms in total. The molecule has 438 valence electrons. The molecule has 75 heavy (non-hydrogen) atoms. The van der Waals surface area contributed by atoms with Crippen molar-refractivity contribution in [3.05, 3.63) is 60.8 Å². The van der Waals surface area contributed by atoms with E-state index in [4.69, 9.17) is 18.5 Å². The normalized spacial score (nSPS) is 13.6. The van der Waals surface area contributed by atoms with Gasteiger partial charge in [-0.2, -0.15) is 0 Å². The quantitative estimate of drug-likeness (QED) is 0.0211. The zero-order chi connectivity index (χ0) is 54.9. The van der Waals surface area contributed by atoms with Crippen LogP contribution in [0.15, 0.2) is 60.8 Å². The SMILES string of the molecule is CC/C=C\C/C=C\C/C=C\C/C=C\CCCCCCCCCCCCCCCCCCCCCCCCCCCCCCC(=O)OC(COC(=O)CCCCCCC/C=C\CCC)COP(=O)(O)OCC[N+](C)(C)C. The number of likely N-dealkylation sites (N-methyl/N-ethyl adjacent to an activating group) is 1. The van der Waals surface area contributed by atoms with E-state index >= 15 is 0 Å². The first-order chi connectivity index (χ1) is 36.5. The number of carbonyl (C=O) groups excluding carboxylic acids is 2. The highest BCUT2D eigenvalue weighted by atomic mass is 31.2. The van der Waals surface area contributed by atoms with Gasteiger partial charge in [-0.1, -0.05) is 267 Å². The fraction of sp³-hybridized carbons (Fsp3) is 0.815. The summed E-state index contributed by atoms with van der Waals surface area (Å²) in [5.74, 6) is -0.800. The van der Waals surface area contributed by atoms with Crippen LogP contribution in [-0.2, 0) is 32.7 Å². The summed E-state index contributed by atoms with van der Waals surface area (Å²) in [6.07, 6.45) is 73.6. The minimum Gasteiger partial charge on any atom is -0.462 e. The van der Waals surface area contributed by atoms with Crippen molar-refractivity contribution < 1.29 is 42.1 Å². The highest BCUT2D eigenvalue weighted by molar-refractivity contribution is 7.47. The third kappa shape index (κ3) is 60.8. The predicted octanol–water partition coefficient (Wildman–Crippen LogP) is 19.9. The Kier molecular flexibility index (Phi) is 54.7. The fourth-order valence-corrected chi connectivity index (χ4v) is 9.69. The van der Waals surface area contributed by atoms with Crippen molar-refractivity contribution in [1.82, 2.24) is 0 Å². The van der Waals surface area contributed by atoms with Gasteiger partial charge in [0.2, 0.25) is 0 Å². The average Bonchev–Trinajstić information content (AvgIpc) is 3.37. The summed E-state index contributed by atoms with van der Waals surface area (Å²) >= 11 is 0. The number of nitrogens with zero attached hydrogens (tertiary/aromatic N) is 1. The number of hydrogen-bond acceptors (Lipinski definition) is 7. The molecular weight excluding hydrogens is 954 g/mol. The van der Waals surface area contributed by atoms with Crippen molar-refractivity contribution in [2.24, 2.45) is 0 Å². The van der Waals surface area contributed by atoms with E-state index in [1.165, 1.54) is 173 Å². The second kappa shape index (κ2) is 56.4. The first-order valence-electron chi connectivity index (χ1n) is 31.5. The van der Waals surface area contributed by atoms with Gasteiger partial charge in [-0.15, -0.1) is 0 Å². The lowest BCUT2D eigenvalue weighted by molar-refractivity contribution is -0.870. The molecular formula is C65H121NO8P+. The van der Waals surface area contributed by atoms with Crippen LogP contribution in [0.4, 0.5) is 0 Å². The van der Waals surface area contributed by atoms with Gasteiger partial charge in [0.05, 0.1) is 27.7 Å². The number of esters is 2. The summed E-state index contributed by atoms with van der Waals surface area (Å²) < 4.78 is 34.5. The van der Waals surface area contributed by atoms with E-state index in [1.54, 1.807) is 0 Å². The number of rotatable bonds is 58. The van der Waals surface area contributed by atoms with Crippen LogP contribution < -0.4 is 0 Å². The van der Waals surface area contributed by atoms with Gasteiger partial charge in [0.1, 0.15) is 19.8 Å². The smallest absolute Gasteiger partial charge is 0.462 e. The van der Waals surface area contributed by atoms with Gasteiger partial charge >= 0.3 is 19.8 Å². The topological polar surface area (TPSA) is 108 Å². The van der Waals surface area contributed by atoms with Gasteiger partial charge < -0.3 is 18.9 Å². The Morgan fingerprint density at radius 3 is 1.15 bits per heavy atom. The lowest BCUT2D eigenvalue weighted by atomic mass is 10.0. The van der Waals surface area contributed by atoms with E-state index in [1.807, 2.05) is 21.1 Å². The minimum absolute atomic E-state index is 0.0317. The van der Waals surface area contributed by atoms with Crippen molar-refractivity contribution in [2.45, 2.75) is 296 Å². The molecule has 0 aliphatic rings. The molecule has 0 rings (SSSR count). The average molecular weight is 1080 g/mol. The Morgan fingerprint density at radius 1 is 0.427 bits per heavy atom. The van der Waals surface area contributed by atoms with Gasteiger partial charge in [-0.25, -0.2) is 4.57 Å². The Morgan fingerprint density at radius 2 is 0.760 bits per heavy atom. The van der Waals surface area contributed by atoms with Crippen molar-refractivity contribution >= 4 is 19.8 Å². The molecule has 0 heterocycles. The maximum atomic E-state index is 12.8. The number of hydrogen-bond donors (Lipinski definition) is 1. The molecule has 2 unspecified atom stereocenters. The van der Waals surface area contributed by atoms with Gasteiger partial charge in [0, 0.05) is 12.8 Å². The maximum Gasteiger partial charge on any atom is 0.472 e. The third-order valence-corrected chi connectivity index (χ3v) is 14.7. The highest BCUT2D eigenvalue weighted by Crippen LogP contribution is 2.43. The maximum absolute atomic E-state index is 12.8. The summed E-state index contributed by atoms with van der Waals surface area (Å²) in [5, 5.41) is 0. The van der Waals surface area contributed by atoms with E-state index in [0.29, 0.717) is 17.4 Å². The van der Waals surface area contributed by atoms with Crippen molar-refractivity contribution in [3.63, 3.8) is 0 Å².